The second-order valence-corrected chi connectivity index (χ2v) is 11.5. The molecule has 0 saturated carbocycles. The third-order valence-electron chi connectivity index (χ3n) is 7.08. The molecule has 0 saturated heterocycles. The van der Waals surface area contributed by atoms with Crippen molar-refractivity contribution in [1.82, 2.24) is 0 Å². The molecule has 48 heavy (non-hydrogen) atoms. The van der Waals surface area contributed by atoms with Crippen LogP contribution in [0.4, 0.5) is 0 Å². The summed E-state index contributed by atoms with van der Waals surface area (Å²) in [5.41, 5.74) is 0. The first kappa shape index (κ1) is 44.6. The average molecular weight is 663 g/mol. The largest absolute Gasteiger partial charge is 0.462 e. The van der Waals surface area contributed by atoms with Gasteiger partial charge in [-0.1, -0.05) is 142 Å². The number of carbonyl (C=O) groups is 2. The van der Waals surface area contributed by atoms with Crippen molar-refractivity contribution < 1.29 is 24.2 Å². The molecule has 0 bridgehead atoms. The molecule has 0 aromatic rings. The van der Waals surface area contributed by atoms with Gasteiger partial charge in [0.05, 0.1) is 6.61 Å². The Hall–Kier alpha value is -3.44. The number of rotatable bonds is 31. The van der Waals surface area contributed by atoms with E-state index in [4.69, 9.17) is 9.47 Å². The van der Waals surface area contributed by atoms with E-state index in [1.54, 1.807) is 0 Å². The van der Waals surface area contributed by atoms with E-state index in [-0.39, 0.29) is 31.6 Å². The van der Waals surface area contributed by atoms with E-state index >= 15 is 0 Å². The lowest BCUT2D eigenvalue weighted by Crippen LogP contribution is -2.28. The second-order valence-electron chi connectivity index (χ2n) is 11.5. The van der Waals surface area contributed by atoms with Gasteiger partial charge in [-0.15, -0.1) is 0 Å². The van der Waals surface area contributed by atoms with Gasteiger partial charge in [0.25, 0.3) is 0 Å². The third kappa shape index (κ3) is 35.4. The van der Waals surface area contributed by atoms with Crippen molar-refractivity contribution in [2.24, 2.45) is 0 Å². The minimum atomic E-state index is -0.818. The molecule has 5 nitrogen and oxygen atoms in total. The number of aliphatic hydroxyl groups is 1. The van der Waals surface area contributed by atoms with Gasteiger partial charge in [0.1, 0.15) is 6.61 Å². The Morgan fingerprint density at radius 2 is 0.875 bits per heavy atom. The minimum Gasteiger partial charge on any atom is -0.462 e. The molecule has 0 aliphatic rings. The van der Waals surface area contributed by atoms with Crippen molar-refractivity contribution in [3.63, 3.8) is 0 Å². The lowest BCUT2D eigenvalue weighted by molar-refractivity contribution is -0.161. The predicted octanol–water partition coefficient (Wildman–Crippen LogP) is 11.5. The summed E-state index contributed by atoms with van der Waals surface area (Å²) < 4.78 is 10.5. The van der Waals surface area contributed by atoms with Crippen molar-refractivity contribution in [3.05, 3.63) is 109 Å². The van der Waals surface area contributed by atoms with E-state index in [0.29, 0.717) is 12.8 Å². The Labute approximate surface area is 293 Å². The predicted molar refractivity (Wildman–Crippen MR) is 205 cm³/mol. The van der Waals surface area contributed by atoms with Crippen LogP contribution in [0.2, 0.25) is 0 Å². The Bertz CT molecular complexity index is 1020. The normalized spacial score (nSPS) is 13.5. The zero-order chi connectivity index (χ0) is 35.0. The van der Waals surface area contributed by atoms with E-state index in [1.165, 1.54) is 0 Å². The first-order valence-corrected chi connectivity index (χ1v) is 18.4. The molecular formula is C43H66O5. The molecule has 0 aliphatic carbocycles. The number of allylic oxidation sites excluding steroid dienone is 18. The van der Waals surface area contributed by atoms with Crippen LogP contribution < -0.4 is 0 Å². The summed E-state index contributed by atoms with van der Waals surface area (Å²) in [7, 11) is 0. The number of hydrogen-bond donors (Lipinski definition) is 1. The Balaban J connectivity index is 3.78. The summed E-state index contributed by atoms with van der Waals surface area (Å²) >= 11 is 0. The quantitative estimate of drug-likeness (QED) is 0.0454. The highest BCUT2D eigenvalue weighted by atomic mass is 16.6. The van der Waals surface area contributed by atoms with Gasteiger partial charge < -0.3 is 14.6 Å². The maximum absolute atomic E-state index is 12.1. The molecule has 0 aromatic heterocycles. The van der Waals surface area contributed by atoms with Crippen LogP contribution in [0.1, 0.15) is 129 Å². The van der Waals surface area contributed by atoms with E-state index in [0.717, 1.165) is 96.3 Å². The molecule has 0 unspecified atom stereocenters. The molecule has 0 fully saturated rings. The molecule has 0 aromatic carbocycles. The van der Waals surface area contributed by atoms with Crippen molar-refractivity contribution in [3.8, 4) is 0 Å². The fourth-order valence-corrected chi connectivity index (χ4v) is 4.36. The number of ether oxygens (including phenoxy) is 2. The van der Waals surface area contributed by atoms with Gasteiger partial charge in [0.15, 0.2) is 6.10 Å². The highest BCUT2D eigenvalue weighted by Gasteiger charge is 2.15. The van der Waals surface area contributed by atoms with Crippen LogP contribution >= 0.6 is 0 Å². The number of unbranched alkanes of at least 4 members (excludes halogenated alkanes) is 5. The molecule has 0 rings (SSSR count). The molecule has 0 radical (unpaired) electrons. The molecule has 1 N–H and O–H groups in total. The molecule has 0 spiro atoms. The van der Waals surface area contributed by atoms with Gasteiger partial charge in [-0.2, -0.15) is 0 Å². The zero-order valence-electron chi connectivity index (χ0n) is 30.2. The van der Waals surface area contributed by atoms with Crippen molar-refractivity contribution in [1.29, 1.82) is 0 Å². The van der Waals surface area contributed by atoms with E-state index in [2.05, 4.69) is 111 Å². The second kappa shape index (κ2) is 38.0. The van der Waals surface area contributed by atoms with Crippen molar-refractivity contribution in [2.45, 2.75) is 136 Å². The Kier molecular flexibility index (Phi) is 35.3. The molecular weight excluding hydrogens is 596 g/mol. The summed E-state index contributed by atoms with van der Waals surface area (Å²) in [5, 5.41) is 9.53. The smallest absolute Gasteiger partial charge is 0.306 e. The molecule has 5 heteroatoms. The monoisotopic (exact) mass is 662 g/mol. The van der Waals surface area contributed by atoms with Crippen molar-refractivity contribution >= 4 is 11.9 Å². The standard InChI is InChI=1S/C43H66O5/c1-3-5-7-9-11-13-15-17-19-20-21-22-24-25-27-29-31-33-35-37-42(45)47-40-41(39-44)48-43(46)38-36-34-32-30-28-26-23-18-16-14-12-10-8-6-4-2/h5-8,11-14,17-19,21-23,25,27,31,33,41,44H,3-4,9-10,15-16,20,24,26,28-30,32,34-40H2,1-2H3/b7-5-,8-6-,13-11-,14-12-,19-17-,22-21-,23-18-,27-25-,33-31-/t41-/m0/s1. The van der Waals surface area contributed by atoms with Gasteiger partial charge in [-0.25, -0.2) is 0 Å². The van der Waals surface area contributed by atoms with Gasteiger partial charge in [0, 0.05) is 12.8 Å². The molecule has 268 valence electrons. The summed E-state index contributed by atoms with van der Waals surface area (Å²) in [4.78, 5) is 24.2. The molecule has 1 atom stereocenters. The Morgan fingerprint density at radius 3 is 1.33 bits per heavy atom. The summed E-state index contributed by atoms with van der Waals surface area (Å²) in [6.07, 6.45) is 54.4. The third-order valence-corrected chi connectivity index (χ3v) is 7.08. The minimum absolute atomic E-state index is 0.121. The topological polar surface area (TPSA) is 72.8 Å². The number of esters is 2. The fourth-order valence-electron chi connectivity index (χ4n) is 4.36. The SMILES string of the molecule is CC/C=C\C/C=C\C/C=C\C/C=C\C/C=C\C/C=C\CCC(=O)OC[C@H](CO)OC(=O)CCCCCCC/C=C\C/C=C\C/C=C\CC. The first-order valence-electron chi connectivity index (χ1n) is 18.4. The molecule has 0 amide bonds. The van der Waals surface area contributed by atoms with Crippen LogP contribution in [0.3, 0.4) is 0 Å². The van der Waals surface area contributed by atoms with Crippen molar-refractivity contribution in [2.75, 3.05) is 13.2 Å². The molecule has 0 aliphatic heterocycles. The summed E-state index contributed by atoms with van der Waals surface area (Å²) in [6, 6.07) is 0. The van der Waals surface area contributed by atoms with E-state index < -0.39 is 6.10 Å². The van der Waals surface area contributed by atoms with Crippen LogP contribution in [0.15, 0.2) is 109 Å². The van der Waals surface area contributed by atoms with Crippen LogP contribution in [0.25, 0.3) is 0 Å². The number of carbonyl (C=O) groups excluding carboxylic acids is 2. The summed E-state index contributed by atoms with van der Waals surface area (Å²) in [6.45, 7) is 3.80. The van der Waals surface area contributed by atoms with Crippen LogP contribution in [0.5, 0.6) is 0 Å². The highest BCUT2D eigenvalue weighted by Crippen LogP contribution is 2.10. The van der Waals surface area contributed by atoms with Gasteiger partial charge in [-0.05, 0) is 83.5 Å². The van der Waals surface area contributed by atoms with Crippen LogP contribution in [0, 0.1) is 0 Å². The lowest BCUT2D eigenvalue weighted by atomic mass is 10.1. The van der Waals surface area contributed by atoms with Crippen LogP contribution in [-0.4, -0.2) is 36.4 Å². The summed E-state index contributed by atoms with van der Waals surface area (Å²) in [5.74, 6) is -0.723. The number of hydrogen-bond acceptors (Lipinski definition) is 5. The zero-order valence-corrected chi connectivity index (χ0v) is 30.2. The maximum atomic E-state index is 12.1. The van der Waals surface area contributed by atoms with Gasteiger partial charge in [-0.3, -0.25) is 9.59 Å². The van der Waals surface area contributed by atoms with Gasteiger partial charge >= 0.3 is 11.9 Å². The first-order chi connectivity index (χ1) is 23.6. The number of aliphatic hydroxyl groups excluding tert-OH is 1. The fraction of sp³-hybridized carbons (Fsp3) is 0.535. The average Bonchev–Trinajstić information content (AvgIpc) is 3.09. The molecule has 0 heterocycles. The lowest BCUT2D eigenvalue weighted by Gasteiger charge is -2.15. The maximum Gasteiger partial charge on any atom is 0.306 e. The Morgan fingerprint density at radius 1 is 0.479 bits per heavy atom. The van der Waals surface area contributed by atoms with Crippen LogP contribution in [-0.2, 0) is 19.1 Å². The van der Waals surface area contributed by atoms with E-state index in [9.17, 15) is 14.7 Å². The highest BCUT2D eigenvalue weighted by molar-refractivity contribution is 5.70. The van der Waals surface area contributed by atoms with E-state index in [1.807, 2.05) is 12.2 Å². The van der Waals surface area contributed by atoms with Gasteiger partial charge in [0.2, 0.25) is 0 Å².